The van der Waals surface area contributed by atoms with Gasteiger partial charge in [0.15, 0.2) is 11.6 Å². The molecule has 0 radical (unpaired) electrons. The van der Waals surface area contributed by atoms with Crippen LogP contribution in [0, 0.1) is 12.7 Å². The van der Waals surface area contributed by atoms with Crippen LogP contribution in [0.15, 0.2) is 30.6 Å². The Hall–Kier alpha value is -2.01. The maximum Gasteiger partial charge on any atom is 0.321 e. The molecule has 2 rings (SSSR count). The van der Waals surface area contributed by atoms with E-state index in [4.69, 9.17) is 4.74 Å². The minimum atomic E-state index is -0.386. The van der Waals surface area contributed by atoms with Gasteiger partial charge >= 0.3 is 6.01 Å². The van der Waals surface area contributed by atoms with Gasteiger partial charge in [0.25, 0.3) is 0 Å². The topological polar surface area (TPSA) is 47.0 Å². The lowest BCUT2D eigenvalue weighted by molar-refractivity contribution is 0.408. The third kappa shape index (κ3) is 3.48. The molecule has 1 aromatic heterocycles. The molecule has 0 aliphatic rings. The van der Waals surface area contributed by atoms with Crippen LogP contribution in [0.25, 0.3) is 0 Å². The van der Waals surface area contributed by atoms with Crippen molar-refractivity contribution in [1.82, 2.24) is 15.3 Å². The number of aryl methyl sites for hydroxylation is 1. The first-order chi connectivity index (χ1) is 9.20. The highest BCUT2D eigenvalue weighted by molar-refractivity contribution is 5.31. The molecule has 0 aliphatic heterocycles. The van der Waals surface area contributed by atoms with E-state index >= 15 is 0 Å². The Labute approximate surface area is 111 Å². The number of ether oxygens (including phenoxy) is 1. The average Bonchev–Trinajstić information content (AvgIpc) is 2.43. The number of nitrogens with one attached hydrogen (secondary N) is 1. The molecule has 1 heterocycles. The highest BCUT2D eigenvalue weighted by Crippen LogP contribution is 2.23. The first kappa shape index (κ1) is 13.4. The van der Waals surface area contributed by atoms with Crippen molar-refractivity contribution < 1.29 is 9.13 Å². The van der Waals surface area contributed by atoms with Crippen LogP contribution < -0.4 is 10.1 Å². The largest absolute Gasteiger partial charge is 0.421 e. The van der Waals surface area contributed by atoms with Crippen LogP contribution in [0.3, 0.4) is 0 Å². The Morgan fingerprint density at radius 2 is 2.00 bits per heavy atom. The summed E-state index contributed by atoms with van der Waals surface area (Å²) in [7, 11) is 0. The first-order valence-corrected chi connectivity index (χ1v) is 6.15. The predicted molar refractivity (Wildman–Crippen MR) is 70.6 cm³/mol. The van der Waals surface area contributed by atoms with Crippen LogP contribution in [0.5, 0.6) is 11.8 Å². The summed E-state index contributed by atoms with van der Waals surface area (Å²) in [4.78, 5) is 8.12. The molecule has 5 heteroatoms. The molecule has 1 aromatic carbocycles. The van der Waals surface area contributed by atoms with Gasteiger partial charge in [0.1, 0.15) is 0 Å². The van der Waals surface area contributed by atoms with Crippen LogP contribution in [0.1, 0.15) is 18.1 Å². The smallest absolute Gasteiger partial charge is 0.321 e. The van der Waals surface area contributed by atoms with Gasteiger partial charge in [0.05, 0.1) is 0 Å². The summed E-state index contributed by atoms with van der Waals surface area (Å²) in [5.74, 6) is -0.248. The summed E-state index contributed by atoms with van der Waals surface area (Å²) in [6.45, 7) is 5.30. The quantitative estimate of drug-likeness (QED) is 0.899. The summed E-state index contributed by atoms with van der Waals surface area (Å²) in [5.41, 5.74) is 1.49. The zero-order valence-electron chi connectivity index (χ0n) is 11.0. The van der Waals surface area contributed by atoms with E-state index in [0.29, 0.717) is 12.1 Å². The molecule has 0 aliphatic carbocycles. The van der Waals surface area contributed by atoms with Crippen molar-refractivity contribution >= 4 is 0 Å². The van der Waals surface area contributed by atoms with Crippen molar-refractivity contribution in [3.63, 3.8) is 0 Å². The maximum absolute atomic E-state index is 13.7. The number of halogens is 1. The minimum absolute atomic E-state index is 0.138. The monoisotopic (exact) mass is 261 g/mol. The molecule has 0 fully saturated rings. The number of hydrogen-bond donors (Lipinski definition) is 1. The summed E-state index contributed by atoms with van der Waals surface area (Å²) < 4.78 is 19.1. The highest BCUT2D eigenvalue weighted by atomic mass is 19.1. The Morgan fingerprint density at radius 3 is 2.68 bits per heavy atom. The van der Waals surface area contributed by atoms with E-state index in [2.05, 4.69) is 15.3 Å². The molecule has 1 N–H and O–H groups in total. The van der Waals surface area contributed by atoms with Gasteiger partial charge in [-0.3, -0.25) is 0 Å². The molecule has 4 nitrogen and oxygen atoms in total. The van der Waals surface area contributed by atoms with Crippen molar-refractivity contribution in [2.24, 2.45) is 0 Å². The number of benzene rings is 1. The molecule has 0 spiro atoms. The summed E-state index contributed by atoms with van der Waals surface area (Å²) in [5, 5.41) is 3.17. The Kier molecular flexibility index (Phi) is 4.41. The number of nitrogens with zero attached hydrogens (tertiary/aromatic N) is 2. The lowest BCUT2D eigenvalue weighted by atomic mass is 10.2. The average molecular weight is 261 g/mol. The van der Waals surface area contributed by atoms with Crippen molar-refractivity contribution in [3.8, 4) is 11.8 Å². The molecule has 0 saturated carbocycles. The molecule has 0 bridgehead atoms. The van der Waals surface area contributed by atoms with Crippen molar-refractivity contribution in [2.45, 2.75) is 20.4 Å². The van der Waals surface area contributed by atoms with Gasteiger partial charge in [-0.2, -0.15) is 0 Å². The Bertz CT molecular complexity index is 543. The third-order valence-electron chi connectivity index (χ3n) is 2.62. The van der Waals surface area contributed by atoms with Gasteiger partial charge in [-0.15, -0.1) is 0 Å². The van der Waals surface area contributed by atoms with Crippen molar-refractivity contribution in [1.29, 1.82) is 0 Å². The summed E-state index contributed by atoms with van der Waals surface area (Å²) >= 11 is 0. The van der Waals surface area contributed by atoms with Crippen LogP contribution in [0.2, 0.25) is 0 Å². The van der Waals surface area contributed by atoms with E-state index in [1.807, 2.05) is 6.92 Å². The van der Waals surface area contributed by atoms with Gasteiger partial charge in [-0.05, 0) is 25.1 Å². The van der Waals surface area contributed by atoms with E-state index in [1.165, 1.54) is 0 Å². The fraction of sp³-hybridized carbons (Fsp3) is 0.286. The Morgan fingerprint density at radius 1 is 1.26 bits per heavy atom. The molecule has 0 amide bonds. The van der Waals surface area contributed by atoms with E-state index in [-0.39, 0.29) is 17.6 Å². The van der Waals surface area contributed by atoms with Crippen LogP contribution in [0.4, 0.5) is 4.39 Å². The van der Waals surface area contributed by atoms with Crippen LogP contribution >= 0.6 is 0 Å². The second kappa shape index (κ2) is 6.24. The second-order valence-electron chi connectivity index (χ2n) is 4.14. The van der Waals surface area contributed by atoms with Crippen LogP contribution in [-0.4, -0.2) is 16.5 Å². The van der Waals surface area contributed by atoms with Gasteiger partial charge in [-0.25, -0.2) is 14.4 Å². The minimum Gasteiger partial charge on any atom is -0.421 e. The highest BCUT2D eigenvalue weighted by Gasteiger charge is 2.08. The van der Waals surface area contributed by atoms with Crippen LogP contribution in [-0.2, 0) is 6.54 Å². The predicted octanol–water partition coefficient (Wildman–Crippen LogP) is 2.83. The lowest BCUT2D eigenvalue weighted by Gasteiger charge is -2.07. The lowest BCUT2D eigenvalue weighted by Crippen LogP contribution is -2.12. The molecule has 0 saturated heterocycles. The SMILES string of the molecule is CCNCc1cnc(Oc2cccc(C)c2F)nc1. The second-order valence-corrected chi connectivity index (χ2v) is 4.14. The van der Waals surface area contributed by atoms with Gasteiger partial charge < -0.3 is 10.1 Å². The Balaban J connectivity index is 2.09. The maximum atomic E-state index is 13.7. The van der Waals surface area contributed by atoms with Gasteiger partial charge in [0.2, 0.25) is 0 Å². The van der Waals surface area contributed by atoms with E-state index < -0.39 is 0 Å². The molecular weight excluding hydrogens is 245 g/mol. The number of aromatic nitrogens is 2. The van der Waals surface area contributed by atoms with E-state index in [1.54, 1.807) is 37.5 Å². The molecule has 0 atom stereocenters. The molecule has 0 unspecified atom stereocenters. The van der Waals surface area contributed by atoms with E-state index in [0.717, 1.165) is 12.1 Å². The zero-order chi connectivity index (χ0) is 13.7. The zero-order valence-corrected chi connectivity index (χ0v) is 11.0. The number of rotatable bonds is 5. The van der Waals surface area contributed by atoms with E-state index in [9.17, 15) is 4.39 Å². The van der Waals surface area contributed by atoms with Gasteiger partial charge in [-0.1, -0.05) is 19.1 Å². The molecule has 100 valence electrons. The fourth-order valence-corrected chi connectivity index (χ4v) is 1.55. The first-order valence-electron chi connectivity index (χ1n) is 6.15. The fourth-order valence-electron chi connectivity index (χ4n) is 1.55. The number of hydrogen-bond acceptors (Lipinski definition) is 4. The molecule has 19 heavy (non-hydrogen) atoms. The van der Waals surface area contributed by atoms with Crippen molar-refractivity contribution in [2.75, 3.05) is 6.54 Å². The summed E-state index contributed by atoms with van der Waals surface area (Å²) in [6, 6.07) is 5.11. The third-order valence-corrected chi connectivity index (χ3v) is 2.62. The van der Waals surface area contributed by atoms with Gasteiger partial charge in [0, 0.05) is 24.5 Å². The van der Waals surface area contributed by atoms with Crippen molar-refractivity contribution in [3.05, 3.63) is 47.5 Å². The summed E-state index contributed by atoms with van der Waals surface area (Å²) in [6.07, 6.45) is 3.33. The molecule has 2 aromatic rings. The standard InChI is InChI=1S/C14H16FN3O/c1-3-16-7-11-8-17-14(18-9-11)19-12-6-4-5-10(2)13(12)15/h4-6,8-9,16H,3,7H2,1-2H3. The normalized spacial score (nSPS) is 10.5. The molecular formula is C14H16FN3O.